The van der Waals surface area contributed by atoms with Gasteiger partial charge >= 0.3 is 0 Å². The summed E-state index contributed by atoms with van der Waals surface area (Å²) in [5.41, 5.74) is 3.90. The molecule has 1 aromatic carbocycles. The van der Waals surface area contributed by atoms with E-state index in [9.17, 15) is 9.59 Å². The third-order valence-corrected chi connectivity index (χ3v) is 7.31. The van der Waals surface area contributed by atoms with Gasteiger partial charge in [0.05, 0.1) is 17.3 Å². The van der Waals surface area contributed by atoms with Gasteiger partial charge in [-0.2, -0.15) is 5.10 Å². The van der Waals surface area contributed by atoms with Crippen LogP contribution in [-0.4, -0.2) is 26.6 Å². The van der Waals surface area contributed by atoms with Crippen molar-refractivity contribution in [2.45, 2.75) is 52.1 Å². The molecule has 0 fully saturated rings. The van der Waals surface area contributed by atoms with Gasteiger partial charge in [0, 0.05) is 29.0 Å². The highest BCUT2D eigenvalue weighted by Crippen LogP contribution is 2.38. The summed E-state index contributed by atoms with van der Waals surface area (Å²) < 4.78 is 1.83. The zero-order valence-corrected chi connectivity index (χ0v) is 20.1. The number of anilines is 1. The first-order valence-corrected chi connectivity index (χ1v) is 12.4. The van der Waals surface area contributed by atoms with Crippen molar-refractivity contribution in [2.24, 2.45) is 0 Å². The molecule has 0 saturated heterocycles. The lowest BCUT2D eigenvalue weighted by Crippen LogP contribution is -2.25. The van der Waals surface area contributed by atoms with Gasteiger partial charge in [0.1, 0.15) is 5.00 Å². The molecule has 8 heteroatoms. The molecule has 0 aliphatic heterocycles. The summed E-state index contributed by atoms with van der Waals surface area (Å²) in [6.45, 7) is 4.52. The molecular formula is C26H27N5O2S. The quantitative estimate of drug-likeness (QED) is 0.406. The second-order valence-electron chi connectivity index (χ2n) is 8.86. The van der Waals surface area contributed by atoms with E-state index < -0.39 is 0 Å². The van der Waals surface area contributed by atoms with Gasteiger partial charge in [-0.25, -0.2) is 9.67 Å². The Morgan fingerprint density at radius 2 is 1.88 bits per heavy atom. The van der Waals surface area contributed by atoms with Crippen LogP contribution in [0.5, 0.6) is 0 Å². The van der Waals surface area contributed by atoms with Crippen molar-refractivity contribution in [2.75, 3.05) is 5.32 Å². The van der Waals surface area contributed by atoms with Crippen LogP contribution in [0.1, 0.15) is 69.5 Å². The second kappa shape index (κ2) is 9.38. The highest BCUT2D eigenvalue weighted by Gasteiger charge is 2.26. The minimum absolute atomic E-state index is 0.148. The highest BCUT2D eigenvalue weighted by molar-refractivity contribution is 7.17. The summed E-state index contributed by atoms with van der Waals surface area (Å²) in [5, 5.41) is 11.8. The van der Waals surface area contributed by atoms with E-state index in [1.165, 1.54) is 16.2 Å². The highest BCUT2D eigenvalue weighted by atomic mass is 32.1. The number of hydrogen-bond donors (Lipinski definition) is 2. The van der Waals surface area contributed by atoms with Crippen molar-refractivity contribution in [1.82, 2.24) is 20.1 Å². The van der Waals surface area contributed by atoms with Gasteiger partial charge in [-0.1, -0.05) is 30.3 Å². The molecular weight excluding hydrogens is 446 g/mol. The first-order valence-electron chi connectivity index (χ1n) is 11.6. The van der Waals surface area contributed by atoms with E-state index >= 15 is 0 Å². The molecule has 1 aliphatic carbocycles. The smallest absolute Gasteiger partial charge is 0.257 e. The van der Waals surface area contributed by atoms with Crippen LogP contribution < -0.4 is 10.6 Å². The number of rotatable bonds is 6. The van der Waals surface area contributed by atoms with E-state index in [1.807, 2.05) is 48.9 Å². The van der Waals surface area contributed by atoms with Crippen molar-refractivity contribution in [3.63, 3.8) is 0 Å². The summed E-state index contributed by atoms with van der Waals surface area (Å²) in [5.74, 6) is -0.423. The minimum Gasteiger partial charge on any atom is -0.348 e. The lowest BCUT2D eigenvalue weighted by Gasteiger charge is -2.13. The molecule has 3 aromatic heterocycles. The second-order valence-corrected chi connectivity index (χ2v) is 9.96. The zero-order chi connectivity index (χ0) is 23.7. The molecule has 3 heterocycles. The standard InChI is InChI=1S/C26H27N5O2S/c1-16(2)31-23-18(15-29-31)12-19(14-27-23)24(32)30-26-22(20-10-6-7-11-21(20)34-26)25(33)28-13-17-8-4-3-5-9-17/h3-5,8-9,12,14-16H,6-7,10-11,13H2,1-2H3,(H,28,33)(H,30,32). The van der Waals surface area contributed by atoms with Crippen molar-refractivity contribution in [1.29, 1.82) is 0 Å². The summed E-state index contributed by atoms with van der Waals surface area (Å²) in [4.78, 5) is 32.1. The monoisotopic (exact) mass is 473 g/mol. The molecule has 0 radical (unpaired) electrons. The molecule has 2 N–H and O–H groups in total. The lowest BCUT2D eigenvalue weighted by atomic mass is 9.95. The summed E-state index contributed by atoms with van der Waals surface area (Å²) in [6.07, 6.45) is 7.25. The first kappa shape index (κ1) is 22.3. The predicted molar refractivity (Wildman–Crippen MR) is 134 cm³/mol. The Labute approximate surface area is 202 Å². The van der Waals surface area contributed by atoms with Gasteiger partial charge < -0.3 is 10.6 Å². The molecule has 0 saturated carbocycles. The summed E-state index contributed by atoms with van der Waals surface area (Å²) in [7, 11) is 0. The maximum atomic E-state index is 13.3. The Morgan fingerprint density at radius 3 is 2.68 bits per heavy atom. The Hall–Kier alpha value is -3.52. The van der Waals surface area contributed by atoms with Crippen LogP contribution in [-0.2, 0) is 19.4 Å². The van der Waals surface area contributed by atoms with Crippen molar-refractivity contribution in [3.8, 4) is 0 Å². The van der Waals surface area contributed by atoms with Gasteiger partial charge in [-0.15, -0.1) is 11.3 Å². The number of carbonyl (C=O) groups excluding carboxylic acids is 2. The largest absolute Gasteiger partial charge is 0.348 e. The molecule has 0 spiro atoms. The maximum absolute atomic E-state index is 13.3. The number of fused-ring (bicyclic) bond motifs is 2. The van der Waals surface area contributed by atoms with Gasteiger partial charge in [0.25, 0.3) is 11.8 Å². The van der Waals surface area contributed by atoms with Gasteiger partial charge in [0.2, 0.25) is 0 Å². The summed E-state index contributed by atoms with van der Waals surface area (Å²) >= 11 is 1.52. The van der Waals surface area contributed by atoms with E-state index in [4.69, 9.17) is 0 Å². The van der Waals surface area contributed by atoms with E-state index in [1.54, 1.807) is 18.5 Å². The lowest BCUT2D eigenvalue weighted by molar-refractivity contribution is 0.0951. The molecule has 5 rings (SSSR count). The number of nitrogens with one attached hydrogen (secondary N) is 2. The number of aromatic nitrogens is 3. The van der Waals surface area contributed by atoms with Crippen LogP contribution in [0.4, 0.5) is 5.00 Å². The molecule has 2 amide bonds. The molecule has 4 aromatic rings. The number of aryl methyl sites for hydroxylation is 1. The number of thiophene rings is 1. The molecule has 1 aliphatic rings. The molecule has 0 unspecified atom stereocenters. The van der Waals surface area contributed by atoms with E-state index in [-0.39, 0.29) is 17.9 Å². The van der Waals surface area contributed by atoms with Gasteiger partial charge in [-0.3, -0.25) is 9.59 Å². The molecule has 0 bridgehead atoms. The van der Waals surface area contributed by atoms with Gasteiger partial charge in [-0.05, 0) is 56.7 Å². The van der Waals surface area contributed by atoms with Crippen LogP contribution in [0.2, 0.25) is 0 Å². The normalized spacial score (nSPS) is 13.1. The van der Waals surface area contributed by atoms with Gasteiger partial charge in [0.15, 0.2) is 5.65 Å². The first-order chi connectivity index (χ1) is 16.5. The van der Waals surface area contributed by atoms with E-state index in [0.717, 1.165) is 47.8 Å². The number of hydrogen-bond acceptors (Lipinski definition) is 5. The SMILES string of the molecule is CC(C)n1ncc2cc(C(=O)Nc3sc4c(c3C(=O)NCc3ccccc3)CCCC4)cnc21. The van der Waals surface area contributed by atoms with Crippen molar-refractivity contribution < 1.29 is 9.59 Å². The minimum atomic E-state index is -0.276. The van der Waals surface area contributed by atoms with Crippen LogP contribution in [0, 0.1) is 0 Å². The third-order valence-electron chi connectivity index (χ3n) is 6.11. The molecule has 0 atom stereocenters. The Bertz CT molecular complexity index is 1360. The number of benzene rings is 1. The van der Waals surface area contributed by atoms with Crippen molar-refractivity contribution in [3.05, 3.63) is 75.9 Å². The van der Waals surface area contributed by atoms with Crippen LogP contribution >= 0.6 is 11.3 Å². The average Bonchev–Trinajstić information content (AvgIpc) is 3.44. The van der Waals surface area contributed by atoms with Crippen molar-refractivity contribution >= 4 is 39.2 Å². The Kier molecular flexibility index (Phi) is 6.15. The predicted octanol–water partition coefficient (Wildman–Crippen LogP) is 5.13. The molecule has 174 valence electrons. The van der Waals surface area contributed by atoms with Crippen LogP contribution in [0.15, 0.2) is 48.8 Å². The number of nitrogens with zero attached hydrogens (tertiary/aromatic N) is 3. The number of pyridine rings is 1. The number of carbonyl (C=O) groups is 2. The Balaban J connectivity index is 1.41. The summed E-state index contributed by atoms with van der Waals surface area (Å²) in [6, 6.07) is 11.8. The average molecular weight is 474 g/mol. The maximum Gasteiger partial charge on any atom is 0.257 e. The van der Waals surface area contributed by atoms with Crippen LogP contribution in [0.25, 0.3) is 11.0 Å². The fourth-order valence-corrected chi connectivity index (χ4v) is 5.66. The fraction of sp³-hybridized carbons (Fsp3) is 0.308. The third kappa shape index (κ3) is 4.33. The van der Waals surface area contributed by atoms with E-state index in [2.05, 4.69) is 20.7 Å². The van der Waals surface area contributed by atoms with E-state index in [0.29, 0.717) is 22.7 Å². The zero-order valence-electron chi connectivity index (χ0n) is 19.3. The fourth-order valence-electron chi connectivity index (χ4n) is 4.38. The Morgan fingerprint density at radius 1 is 1.09 bits per heavy atom. The van der Waals surface area contributed by atoms with Crippen LogP contribution in [0.3, 0.4) is 0 Å². The topological polar surface area (TPSA) is 88.9 Å². The number of amides is 2. The molecule has 34 heavy (non-hydrogen) atoms. The molecule has 7 nitrogen and oxygen atoms in total.